The molecule has 0 bridgehead atoms. The lowest BCUT2D eigenvalue weighted by Gasteiger charge is -2.03. The molecule has 0 aromatic carbocycles. The summed E-state index contributed by atoms with van der Waals surface area (Å²) in [5.41, 5.74) is 7.24. The number of nitrogen functional groups attached to an aromatic ring is 1. The molecule has 2 N–H and O–H groups in total. The molecule has 2 aromatic heterocycles. The Bertz CT molecular complexity index is 546. The number of nitrogens with zero attached hydrogens (tertiary/aromatic N) is 4. The van der Waals surface area contributed by atoms with Gasteiger partial charge in [-0.15, -0.1) is 0 Å². The predicted molar refractivity (Wildman–Crippen MR) is 61.4 cm³/mol. The van der Waals surface area contributed by atoms with Gasteiger partial charge >= 0.3 is 5.69 Å². The van der Waals surface area contributed by atoms with E-state index in [9.17, 15) is 10.1 Å². The fourth-order valence-electron chi connectivity index (χ4n) is 1.42. The molecule has 7 heteroatoms. The van der Waals surface area contributed by atoms with Crippen LogP contribution in [0.4, 0.5) is 11.5 Å². The third-order valence-corrected chi connectivity index (χ3v) is 2.36. The van der Waals surface area contributed by atoms with Gasteiger partial charge in [0.1, 0.15) is 6.20 Å². The Hall–Kier alpha value is -2.44. The van der Waals surface area contributed by atoms with Gasteiger partial charge in [-0.3, -0.25) is 15.1 Å². The average Bonchev–Trinajstić information content (AvgIpc) is 2.64. The molecule has 2 rings (SSSR count). The van der Waals surface area contributed by atoms with Crippen LogP contribution in [0, 0.1) is 17.0 Å². The number of hydrogen-bond acceptors (Lipinski definition) is 5. The molecule has 0 saturated carbocycles. The molecule has 2 heterocycles. The number of aryl methyl sites for hydroxylation is 1. The van der Waals surface area contributed by atoms with E-state index in [4.69, 9.17) is 5.73 Å². The molecule has 0 unspecified atom stereocenters. The summed E-state index contributed by atoms with van der Waals surface area (Å²) in [6.07, 6.45) is 2.85. The summed E-state index contributed by atoms with van der Waals surface area (Å²) in [6.45, 7) is 2.25. The summed E-state index contributed by atoms with van der Waals surface area (Å²) in [4.78, 5) is 14.2. The first kappa shape index (κ1) is 11.1. The topological polar surface area (TPSA) is 99.9 Å². The van der Waals surface area contributed by atoms with Crippen LogP contribution in [0.3, 0.4) is 0 Å². The third-order valence-electron chi connectivity index (χ3n) is 2.36. The molecule has 0 atom stereocenters. The standard InChI is InChI=1S/C10H11N5O2/c1-7-2-3-8(4-12-7)6-14-10(11)9(5-13-14)15(16)17/h2-5H,6,11H2,1H3. The van der Waals surface area contributed by atoms with E-state index >= 15 is 0 Å². The molecule has 7 nitrogen and oxygen atoms in total. The van der Waals surface area contributed by atoms with Crippen molar-refractivity contribution in [3.63, 3.8) is 0 Å². The summed E-state index contributed by atoms with van der Waals surface area (Å²) < 4.78 is 1.38. The highest BCUT2D eigenvalue weighted by molar-refractivity contribution is 5.51. The average molecular weight is 233 g/mol. The van der Waals surface area contributed by atoms with Gasteiger partial charge in [-0.05, 0) is 18.6 Å². The van der Waals surface area contributed by atoms with E-state index in [-0.39, 0.29) is 11.5 Å². The van der Waals surface area contributed by atoms with Gasteiger partial charge in [-0.2, -0.15) is 5.10 Å². The van der Waals surface area contributed by atoms with E-state index in [0.29, 0.717) is 6.54 Å². The zero-order chi connectivity index (χ0) is 12.4. The van der Waals surface area contributed by atoms with Gasteiger partial charge in [0, 0.05) is 11.9 Å². The molecule has 17 heavy (non-hydrogen) atoms. The van der Waals surface area contributed by atoms with Crippen molar-refractivity contribution in [1.82, 2.24) is 14.8 Å². The zero-order valence-corrected chi connectivity index (χ0v) is 9.20. The van der Waals surface area contributed by atoms with Crippen molar-refractivity contribution in [3.05, 3.63) is 45.9 Å². The normalized spacial score (nSPS) is 10.4. The van der Waals surface area contributed by atoms with Crippen LogP contribution < -0.4 is 5.73 Å². The quantitative estimate of drug-likeness (QED) is 0.632. The lowest BCUT2D eigenvalue weighted by molar-refractivity contribution is -0.384. The molecular formula is C10H11N5O2. The van der Waals surface area contributed by atoms with E-state index in [1.54, 1.807) is 6.20 Å². The van der Waals surface area contributed by atoms with E-state index in [2.05, 4.69) is 10.1 Å². The molecule has 0 fully saturated rings. The van der Waals surface area contributed by atoms with Crippen molar-refractivity contribution in [2.24, 2.45) is 0 Å². The molecule has 0 aliphatic rings. The van der Waals surface area contributed by atoms with E-state index in [1.807, 2.05) is 19.1 Å². The van der Waals surface area contributed by atoms with E-state index < -0.39 is 4.92 Å². The Labute approximate surface area is 97.0 Å². The van der Waals surface area contributed by atoms with Crippen LogP contribution in [0.2, 0.25) is 0 Å². The summed E-state index contributed by atoms with van der Waals surface area (Å²) in [7, 11) is 0. The number of hydrogen-bond donors (Lipinski definition) is 1. The highest BCUT2D eigenvalue weighted by Gasteiger charge is 2.17. The summed E-state index contributed by atoms with van der Waals surface area (Å²) in [6, 6.07) is 3.75. The van der Waals surface area contributed by atoms with Crippen molar-refractivity contribution >= 4 is 11.5 Å². The summed E-state index contributed by atoms with van der Waals surface area (Å²) in [5, 5.41) is 14.5. The maximum Gasteiger partial charge on any atom is 0.330 e. The minimum atomic E-state index is -0.549. The van der Waals surface area contributed by atoms with Crippen LogP contribution in [-0.4, -0.2) is 19.7 Å². The van der Waals surface area contributed by atoms with E-state index in [0.717, 1.165) is 17.5 Å². The number of nitrogens with two attached hydrogens (primary N) is 1. The SMILES string of the molecule is Cc1ccc(Cn2ncc([N+](=O)[O-])c2N)cn1. The van der Waals surface area contributed by atoms with Crippen LogP contribution >= 0.6 is 0 Å². The highest BCUT2D eigenvalue weighted by atomic mass is 16.6. The van der Waals surface area contributed by atoms with Crippen molar-refractivity contribution in [2.75, 3.05) is 5.73 Å². The molecule has 0 amide bonds. The second-order valence-corrected chi connectivity index (χ2v) is 3.64. The second kappa shape index (κ2) is 4.20. The van der Waals surface area contributed by atoms with Gasteiger partial charge < -0.3 is 5.73 Å². The maximum absolute atomic E-state index is 10.6. The first-order valence-electron chi connectivity index (χ1n) is 4.95. The van der Waals surface area contributed by atoms with Crippen LogP contribution in [0.25, 0.3) is 0 Å². The fourth-order valence-corrected chi connectivity index (χ4v) is 1.42. The minimum absolute atomic E-state index is 0.0515. The van der Waals surface area contributed by atoms with Crippen molar-refractivity contribution in [3.8, 4) is 0 Å². The Balaban J connectivity index is 2.24. The van der Waals surface area contributed by atoms with Crippen LogP contribution in [0.5, 0.6) is 0 Å². The monoisotopic (exact) mass is 233 g/mol. The number of anilines is 1. The lowest BCUT2D eigenvalue weighted by atomic mass is 10.2. The Kier molecular flexibility index (Phi) is 2.73. The molecule has 0 saturated heterocycles. The summed E-state index contributed by atoms with van der Waals surface area (Å²) >= 11 is 0. The Morgan fingerprint density at radius 2 is 2.24 bits per heavy atom. The molecular weight excluding hydrogens is 222 g/mol. The number of rotatable bonds is 3. The fraction of sp³-hybridized carbons (Fsp3) is 0.200. The first-order valence-corrected chi connectivity index (χ1v) is 4.95. The smallest absolute Gasteiger partial charge is 0.330 e. The predicted octanol–water partition coefficient (Wildman–Crippen LogP) is 1.13. The van der Waals surface area contributed by atoms with Gasteiger partial charge in [-0.1, -0.05) is 6.07 Å². The van der Waals surface area contributed by atoms with Gasteiger partial charge in [0.2, 0.25) is 5.82 Å². The van der Waals surface area contributed by atoms with Gasteiger partial charge in [0.15, 0.2) is 0 Å². The largest absolute Gasteiger partial charge is 0.378 e. The zero-order valence-electron chi connectivity index (χ0n) is 9.20. The molecule has 2 aromatic rings. The van der Waals surface area contributed by atoms with E-state index in [1.165, 1.54) is 4.68 Å². The molecule has 0 spiro atoms. The minimum Gasteiger partial charge on any atom is -0.378 e. The second-order valence-electron chi connectivity index (χ2n) is 3.64. The van der Waals surface area contributed by atoms with Crippen LogP contribution in [-0.2, 0) is 6.54 Å². The van der Waals surface area contributed by atoms with Crippen LogP contribution in [0.1, 0.15) is 11.3 Å². The lowest BCUT2D eigenvalue weighted by Crippen LogP contribution is -2.07. The highest BCUT2D eigenvalue weighted by Crippen LogP contribution is 2.20. The number of pyridine rings is 1. The van der Waals surface area contributed by atoms with Gasteiger partial charge in [-0.25, -0.2) is 4.68 Å². The molecule has 0 aliphatic carbocycles. The Morgan fingerprint density at radius 3 is 2.76 bits per heavy atom. The number of nitro groups is 1. The maximum atomic E-state index is 10.6. The van der Waals surface area contributed by atoms with Crippen molar-refractivity contribution in [2.45, 2.75) is 13.5 Å². The molecule has 0 radical (unpaired) electrons. The van der Waals surface area contributed by atoms with Crippen LogP contribution in [0.15, 0.2) is 24.5 Å². The van der Waals surface area contributed by atoms with Gasteiger partial charge in [0.05, 0.1) is 11.5 Å². The van der Waals surface area contributed by atoms with Crippen molar-refractivity contribution < 1.29 is 4.92 Å². The number of aromatic nitrogens is 3. The Morgan fingerprint density at radius 1 is 1.47 bits per heavy atom. The summed E-state index contributed by atoms with van der Waals surface area (Å²) in [5.74, 6) is 0.0515. The molecule has 88 valence electrons. The van der Waals surface area contributed by atoms with Gasteiger partial charge in [0.25, 0.3) is 0 Å². The first-order chi connectivity index (χ1) is 8.08. The third kappa shape index (κ3) is 2.22. The molecule has 0 aliphatic heterocycles. The van der Waals surface area contributed by atoms with Crippen molar-refractivity contribution in [1.29, 1.82) is 0 Å².